The fraction of sp³-hybridized carbons (Fsp3) is 0.333. The van der Waals surface area contributed by atoms with Crippen molar-refractivity contribution in [1.29, 1.82) is 0 Å². The molecule has 8 heteroatoms. The highest BCUT2D eigenvalue weighted by Crippen LogP contribution is 2.30. The zero-order valence-electron chi connectivity index (χ0n) is 14.3. The molecule has 0 saturated carbocycles. The van der Waals surface area contributed by atoms with Crippen LogP contribution in [-0.2, 0) is 10.0 Å². The monoisotopic (exact) mass is 390 g/mol. The molecule has 1 aliphatic heterocycles. The molecular formula is C18H19ClN4O2S. The predicted molar refractivity (Wildman–Crippen MR) is 101 cm³/mol. The quantitative estimate of drug-likeness (QED) is 0.687. The number of nitrogens with zero attached hydrogens (tertiary/aromatic N) is 4. The van der Waals surface area contributed by atoms with Gasteiger partial charge >= 0.3 is 0 Å². The number of aromatic nitrogens is 3. The maximum absolute atomic E-state index is 12.8. The zero-order chi connectivity index (χ0) is 18.3. The molecule has 2 aromatic heterocycles. The first-order valence-electron chi connectivity index (χ1n) is 8.52. The molecule has 136 valence electrons. The molecule has 0 radical (unpaired) electrons. The molecule has 4 rings (SSSR count). The average Bonchev–Trinajstić information content (AvgIpc) is 2.97. The third-order valence-corrected chi connectivity index (χ3v) is 6.98. The number of fused-ring (bicyclic) bond motifs is 1. The van der Waals surface area contributed by atoms with Crippen LogP contribution in [0.2, 0.25) is 5.02 Å². The SMILES string of the molecule is Cc1nc2cccnc2n1C1CCN(S(=O)(=O)c2cccc(Cl)c2)CC1. The molecule has 1 saturated heterocycles. The van der Waals surface area contributed by atoms with Crippen LogP contribution in [0.4, 0.5) is 0 Å². The minimum Gasteiger partial charge on any atom is -0.310 e. The molecule has 0 unspecified atom stereocenters. The molecule has 0 atom stereocenters. The number of benzene rings is 1. The second kappa shape index (κ2) is 6.64. The van der Waals surface area contributed by atoms with Gasteiger partial charge in [0.1, 0.15) is 11.3 Å². The third-order valence-electron chi connectivity index (χ3n) is 4.85. The van der Waals surface area contributed by atoms with Crippen molar-refractivity contribution in [3.8, 4) is 0 Å². The molecule has 1 aromatic carbocycles. The summed E-state index contributed by atoms with van der Waals surface area (Å²) in [7, 11) is -3.52. The molecule has 0 bridgehead atoms. The summed E-state index contributed by atoms with van der Waals surface area (Å²) >= 11 is 5.95. The van der Waals surface area contributed by atoms with Gasteiger partial charge in [0, 0.05) is 30.4 Å². The summed E-state index contributed by atoms with van der Waals surface area (Å²) in [4.78, 5) is 9.27. The van der Waals surface area contributed by atoms with E-state index < -0.39 is 10.0 Å². The molecule has 26 heavy (non-hydrogen) atoms. The number of piperidine rings is 1. The highest BCUT2D eigenvalue weighted by atomic mass is 35.5. The number of hydrogen-bond donors (Lipinski definition) is 0. The maximum atomic E-state index is 12.8. The molecule has 1 fully saturated rings. The zero-order valence-corrected chi connectivity index (χ0v) is 15.9. The van der Waals surface area contributed by atoms with Crippen LogP contribution in [0.5, 0.6) is 0 Å². The summed E-state index contributed by atoms with van der Waals surface area (Å²) in [5, 5.41) is 0.424. The van der Waals surface area contributed by atoms with Crippen LogP contribution in [0.1, 0.15) is 24.7 Å². The summed E-state index contributed by atoms with van der Waals surface area (Å²) < 4.78 is 29.4. The number of sulfonamides is 1. The Balaban J connectivity index is 1.56. The van der Waals surface area contributed by atoms with Crippen LogP contribution in [0.3, 0.4) is 0 Å². The maximum Gasteiger partial charge on any atom is 0.243 e. The van der Waals surface area contributed by atoms with Gasteiger partial charge in [-0.25, -0.2) is 18.4 Å². The van der Waals surface area contributed by atoms with E-state index in [1.165, 1.54) is 10.4 Å². The summed E-state index contributed by atoms with van der Waals surface area (Å²) in [6.07, 6.45) is 3.21. The summed E-state index contributed by atoms with van der Waals surface area (Å²) in [6, 6.07) is 10.4. The summed E-state index contributed by atoms with van der Waals surface area (Å²) in [5.74, 6) is 0.912. The molecule has 1 aliphatic rings. The van der Waals surface area contributed by atoms with E-state index in [-0.39, 0.29) is 10.9 Å². The smallest absolute Gasteiger partial charge is 0.243 e. The van der Waals surface area contributed by atoms with E-state index in [0.29, 0.717) is 18.1 Å². The van der Waals surface area contributed by atoms with E-state index in [2.05, 4.69) is 14.5 Å². The highest BCUT2D eigenvalue weighted by Gasteiger charge is 2.31. The average molecular weight is 391 g/mol. The predicted octanol–water partition coefficient (Wildman–Crippen LogP) is 3.42. The Morgan fingerprint density at radius 1 is 1.15 bits per heavy atom. The number of rotatable bonds is 3. The van der Waals surface area contributed by atoms with Crippen molar-refractivity contribution in [3.05, 3.63) is 53.4 Å². The van der Waals surface area contributed by atoms with Gasteiger partial charge in [0.25, 0.3) is 0 Å². The fourth-order valence-corrected chi connectivity index (χ4v) is 5.37. The Hall–Kier alpha value is -1.96. The topological polar surface area (TPSA) is 68.1 Å². The standard InChI is InChI=1S/C18H19ClN4O2S/c1-13-21-17-6-3-9-20-18(17)23(13)15-7-10-22(11-8-15)26(24,25)16-5-2-4-14(19)12-16/h2-6,9,12,15H,7-8,10-11H2,1H3. The molecule has 3 heterocycles. The molecule has 0 amide bonds. The molecule has 0 N–H and O–H groups in total. The largest absolute Gasteiger partial charge is 0.310 e. The van der Waals surface area contributed by atoms with Crippen LogP contribution in [0.25, 0.3) is 11.2 Å². The first-order valence-corrected chi connectivity index (χ1v) is 10.3. The Kier molecular flexibility index (Phi) is 4.46. The second-order valence-corrected chi connectivity index (χ2v) is 8.84. The molecular weight excluding hydrogens is 372 g/mol. The summed E-state index contributed by atoms with van der Waals surface area (Å²) in [5.41, 5.74) is 1.74. The van der Waals surface area contributed by atoms with Crippen molar-refractivity contribution in [3.63, 3.8) is 0 Å². The third kappa shape index (κ3) is 3.00. The van der Waals surface area contributed by atoms with E-state index in [1.54, 1.807) is 24.4 Å². The van der Waals surface area contributed by atoms with E-state index in [1.807, 2.05) is 19.1 Å². The molecule has 0 spiro atoms. The number of pyridine rings is 1. The van der Waals surface area contributed by atoms with Crippen LogP contribution in [-0.4, -0.2) is 40.3 Å². The van der Waals surface area contributed by atoms with Gasteiger partial charge < -0.3 is 4.57 Å². The Labute approximate surface area is 157 Å². The van der Waals surface area contributed by atoms with Gasteiger partial charge in [-0.2, -0.15) is 4.31 Å². The number of hydrogen-bond acceptors (Lipinski definition) is 4. The van der Waals surface area contributed by atoms with Crippen molar-refractivity contribution < 1.29 is 8.42 Å². The van der Waals surface area contributed by atoms with Gasteiger partial charge in [0.15, 0.2) is 5.65 Å². The lowest BCUT2D eigenvalue weighted by Crippen LogP contribution is -2.39. The van der Waals surface area contributed by atoms with Gasteiger partial charge in [0.05, 0.1) is 4.90 Å². The first kappa shape index (κ1) is 17.5. The lowest BCUT2D eigenvalue weighted by molar-refractivity contribution is 0.274. The van der Waals surface area contributed by atoms with Crippen molar-refractivity contribution in [2.45, 2.75) is 30.7 Å². The van der Waals surface area contributed by atoms with E-state index in [4.69, 9.17) is 11.6 Å². The fourth-order valence-electron chi connectivity index (χ4n) is 3.60. The van der Waals surface area contributed by atoms with E-state index in [9.17, 15) is 8.42 Å². The minimum atomic E-state index is -3.52. The Morgan fingerprint density at radius 3 is 2.65 bits per heavy atom. The van der Waals surface area contributed by atoms with Gasteiger partial charge in [-0.1, -0.05) is 17.7 Å². The molecule has 0 aliphatic carbocycles. The number of halogens is 1. The van der Waals surface area contributed by atoms with Crippen molar-refractivity contribution in [1.82, 2.24) is 18.8 Å². The van der Waals surface area contributed by atoms with Crippen molar-refractivity contribution in [2.75, 3.05) is 13.1 Å². The van der Waals surface area contributed by atoms with Crippen LogP contribution in [0, 0.1) is 6.92 Å². The molecule has 6 nitrogen and oxygen atoms in total. The van der Waals surface area contributed by atoms with Crippen LogP contribution in [0.15, 0.2) is 47.5 Å². The van der Waals surface area contributed by atoms with Gasteiger partial charge in [0.2, 0.25) is 10.0 Å². The lowest BCUT2D eigenvalue weighted by atomic mass is 10.1. The van der Waals surface area contributed by atoms with Gasteiger partial charge in [-0.15, -0.1) is 0 Å². The lowest BCUT2D eigenvalue weighted by Gasteiger charge is -2.32. The number of aryl methyl sites for hydroxylation is 1. The minimum absolute atomic E-state index is 0.195. The number of imidazole rings is 1. The van der Waals surface area contributed by atoms with Crippen molar-refractivity contribution >= 4 is 32.8 Å². The Bertz CT molecular complexity index is 1060. The van der Waals surface area contributed by atoms with E-state index in [0.717, 1.165) is 29.8 Å². The first-order chi connectivity index (χ1) is 12.5. The van der Waals surface area contributed by atoms with E-state index >= 15 is 0 Å². The van der Waals surface area contributed by atoms with Crippen molar-refractivity contribution in [2.24, 2.45) is 0 Å². The normalized spacial score (nSPS) is 17.0. The van der Waals surface area contributed by atoms with Gasteiger partial charge in [-0.05, 0) is 50.1 Å². The second-order valence-electron chi connectivity index (χ2n) is 6.47. The van der Waals surface area contributed by atoms with Crippen LogP contribution >= 0.6 is 11.6 Å². The highest BCUT2D eigenvalue weighted by molar-refractivity contribution is 7.89. The van der Waals surface area contributed by atoms with Crippen LogP contribution < -0.4 is 0 Å². The molecule has 3 aromatic rings. The Morgan fingerprint density at radius 2 is 1.92 bits per heavy atom. The summed E-state index contributed by atoms with van der Waals surface area (Å²) in [6.45, 7) is 2.90. The van der Waals surface area contributed by atoms with Gasteiger partial charge in [-0.3, -0.25) is 0 Å².